The summed E-state index contributed by atoms with van der Waals surface area (Å²) in [4.78, 5) is 22.0. The van der Waals surface area contributed by atoms with Gasteiger partial charge in [0.25, 0.3) is 0 Å². The van der Waals surface area contributed by atoms with Crippen molar-refractivity contribution < 1.29 is 27.3 Å². The third-order valence-corrected chi connectivity index (χ3v) is 4.54. The van der Waals surface area contributed by atoms with Gasteiger partial charge in [0.1, 0.15) is 18.1 Å². The van der Waals surface area contributed by atoms with E-state index in [1.165, 1.54) is 29.2 Å². The van der Waals surface area contributed by atoms with Gasteiger partial charge < -0.3 is 5.32 Å². The predicted molar refractivity (Wildman–Crippen MR) is 100.0 cm³/mol. The molecular formula is C17H13ClF4N6O3. The van der Waals surface area contributed by atoms with Crippen LogP contribution < -0.4 is 5.32 Å². The number of halogens is 5. The Hall–Kier alpha value is -3.48. The van der Waals surface area contributed by atoms with Crippen LogP contribution in [0, 0.1) is 22.9 Å². The number of nitrogens with one attached hydrogen (secondary N) is 1. The van der Waals surface area contributed by atoms with Gasteiger partial charge in [-0.3, -0.25) is 24.3 Å². The molecule has 0 saturated heterocycles. The van der Waals surface area contributed by atoms with E-state index in [1.54, 1.807) is 0 Å². The molecule has 1 N–H and O–H groups in total. The van der Waals surface area contributed by atoms with Crippen LogP contribution in [0.25, 0.3) is 0 Å². The molecule has 0 unspecified atom stereocenters. The van der Waals surface area contributed by atoms with Gasteiger partial charge in [-0.05, 0) is 24.6 Å². The summed E-state index contributed by atoms with van der Waals surface area (Å²) in [7, 11) is 0. The van der Waals surface area contributed by atoms with Crippen molar-refractivity contribution in [3.05, 3.63) is 68.5 Å². The fraction of sp³-hybridized carbons (Fsp3) is 0.235. The number of carbonyl (C=O) groups is 1. The Labute approximate surface area is 176 Å². The van der Waals surface area contributed by atoms with E-state index in [1.807, 2.05) is 0 Å². The van der Waals surface area contributed by atoms with Crippen molar-refractivity contribution in [3.63, 3.8) is 0 Å². The Kier molecular flexibility index (Phi) is 5.97. The van der Waals surface area contributed by atoms with Crippen LogP contribution in [0.15, 0.2) is 30.6 Å². The molecule has 0 spiro atoms. The van der Waals surface area contributed by atoms with Crippen LogP contribution in [0.4, 0.5) is 28.9 Å². The summed E-state index contributed by atoms with van der Waals surface area (Å²) in [5, 5.41) is 20.8. The first-order chi connectivity index (χ1) is 14.5. The van der Waals surface area contributed by atoms with Crippen LogP contribution in [0.1, 0.15) is 17.0 Å². The van der Waals surface area contributed by atoms with E-state index < -0.39 is 46.4 Å². The molecule has 3 rings (SSSR count). The Morgan fingerprint density at radius 2 is 2.06 bits per heavy atom. The lowest BCUT2D eigenvalue weighted by molar-refractivity contribution is -0.388. The second kappa shape index (κ2) is 8.34. The second-order valence-electron chi connectivity index (χ2n) is 6.41. The van der Waals surface area contributed by atoms with Crippen LogP contribution in [0.5, 0.6) is 0 Å². The number of amides is 1. The molecule has 2 heterocycles. The van der Waals surface area contributed by atoms with Gasteiger partial charge in [-0.15, -0.1) is 0 Å². The van der Waals surface area contributed by atoms with Crippen LogP contribution >= 0.6 is 11.6 Å². The third-order valence-electron chi connectivity index (χ3n) is 4.18. The Balaban J connectivity index is 1.71. The molecular weight excluding hydrogens is 448 g/mol. The van der Waals surface area contributed by atoms with Gasteiger partial charge in [-0.2, -0.15) is 23.4 Å². The molecule has 0 aliphatic rings. The van der Waals surface area contributed by atoms with Gasteiger partial charge in [-0.1, -0.05) is 17.7 Å². The Morgan fingerprint density at radius 3 is 2.65 bits per heavy atom. The molecule has 0 saturated carbocycles. The highest BCUT2D eigenvalue weighted by Gasteiger charge is 2.44. The van der Waals surface area contributed by atoms with Gasteiger partial charge in [0.05, 0.1) is 23.4 Å². The normalized spacial score (nSPS) is 11.5. The van der Waals surface area contributed by atoms with E-state index >= 15 is 0 Å². The summed E-state index contributed by atoms with van der Waals surface area (Å²) in [5.41, 5.74) is -2.49. The fourth-order valence-corrected chi connectivity index (χ4v) is 3.00. The monoisotopic (exact) mass is 460 g/mol. The lowest BCUT2D eigenvalue weighted by Crippen LogP contribution is -2.20. The van der Waals surface area contributed by atoms with Gasteiger partial charge in [-0.25, -0.2) is 4.39 Å². The standard InChI is InChI=1S/C17H13ClF4N6O3/c1-9-15(28(30)31)16(17(20,21)22)25-27(9)8-14(29)24-12-5-23-26(7-12)6-10-2-3-11(19)4-13(10)18/h2-5,7H,6,8H2,1H3,(H,24,29). The smallest absolute Gasteiger partial charge is 0.322 e. The molecule has 0 aliphatic heterocycles. The predicted octanol–water partition coefficient (Wildman–Crippen LogP) is 3.79. The van der Waals surface area contributed by atoms with Gasteiger partial charge in [0.2, 0.25) is 11.6 Å². The number of aromatic nitrogens is 4. The minimum absolute atomic E-state index is 0.175. The zero-order valence-corrected chi connectivity index (χ0v) is 16.4. The van der Waals surface area contributed by atoms with E-state index in [4.69, 9.17) is 11.6 Å². The summed E-state index contributed by atoms with van der Waals surface area (Å²) >= 11 is 5.96. The van der Waals surface area contributed by atoms with E-state index in [9.17, 15) is 32.5 Å². The van der Waals surface area contributed by atoms with Crippen LogP contribution in [0.3, 0.4) is 0 Å². The lowest BCUT2D eigenvalue weighted by Gasteiger charge is -2.05. The first-order valence-electron chi connectivity index (χ1n) is 8.51. The summed E-state index contributed by atoms with van der Waals surface area (Å²) in [6.07, 6.45) is -2.33. The molecule has 164 valence electrons. The van der Waals surface area contributed by atoms with Crippen LogP contribution in [-0.4, -0.2) is 30.4 Å². The molecule has 14 heteroatoms. The Morgan fingerprint density at radius 1 is 1.35 bits per heavy atom. The number of anilines is 1. The van der Waals surface area contributed by atoms with Crippen molar-refractivity contribution in [2.24, 2.45) is 0 Å². The number of alkyl halides is 3. The quantitative estimate of drug-likeness (QED) is 0.342. The summed E-state index contributed by atoms with van der Waals surface area (Å²) in [5.74, 6) is -1.27. The first kappa shape index (κ1) is 22.2. The lowest BCUT2D eigenvalue weighted by atomic mass is 10.2. The number of hydrogen-bond acceptors (Lipinski definition) is 5. The fourth-order valence-electron chi connectivity index (χ4n) is 2.78. The summed E-state index contributed by atoms with van der Waals surface area (Å²) in [6, 6.07) is 3.85. The average Bonchev–Trinajstić information content (AvgIpc) is 3.21. The Bertz CT molecular complexity index is 1160. The minimum Gasteiger partial charge on any atom is -0.322 e. The zero-order chi connectivity index (χ0) is 22.9. The van der Waals surface area contributed by atoms with E-state index in [-0.39, 0.29) is 17.3 Å². The van der Waals surface area contributed by atoms with Crippen LogP contribution in [0.2, 0.25) is 5.02 Å². The number of carbonyl (C=O) groups excluding carboxylic acids is 1. The topological polar surface area (TPSA) is 108 Å². The highest BCUT2D eigenvalue weighted by atomic mass is 35.5. The number of rotatable bonds is 6. The summed E-state index contributed by atoms with van der Waals surface area (Å²) in [6.45, 7) is 0.560. The minimum atomic E-state index is -5.04. The molecule has 31 heavy (non-hydrogen) atoms. The molecule has 0 aliphatic carbocycles. The first-order valence-corrected chi connectivity index (χ1v) is 8.88. The van der Waals surface area contributed by atoms with Gasteiger partial charge >= 0.3 is 11.9 Å². The molecule has 0 fully saturated rings. The third kappa shape index (κ3) is 4.99. The molecule has 0 radical (unpaired) electrons. The maximum atomic E-state index is 13.1. The van der Waals surface area contributed by atoms with Crippen LogP contribution in [-0.2, 0) is 24.1 Å². The van der Waals surface area contributed by atoms with Gasteiger partial charge in [0, 0.05) is 11.2 Å². The maximum Gasteiger partial charge on any atom is 0.442 e. The van der Waals surface area contributed by atoms with Crippen molar-refractivity contribution in [2.75, 3.05) is 5.32 Å². The average molecular weight is 461 g/mol. The highest BCUT2D eigenvalue weighted by molar-refractivity contribution is 6.31. The van der Waals surface area contributed by atoms with Crippen molar-refractivity contribution in [2.45, 2.75) is 26.2 Å². The number of nitrogens with zero attached hydrogens (tertiary/aromatic N) is 5. The van der Waals surface area contributed by atoms with Crippen molar-refractivity contribution in [3.8, 4) is 0 Å². The molecule has 3 aromatic rings. The van der Waals surface area contributed by atoms with Crippen molar-refractivity contribution >= 4 is 28.9 Å². The number of nitro groups is 1. The molecule has 1 amide bonds. The van der Waals surface area contributed by atoms with Crippen molar-refractivity contribution in [1.29, 1.82) is 0 Å². The van der Waals surface area contributed by atoms with E-state index in [2.05, 4.69) is 15.5 Å². The van der Waals surface area contributed by atoms with Crippen molar-refractivity contribution in [1.82, 2.24) is 19.6 Å². The largest absolute Gasteiger partial charge is 0.442 e. The molecule has 1 aromatic carbocycles. The van der Waals surface area contributed by atoms with E-state index in [0.29, 0.717) is 10.2 Å². The second-order valence-corrected chi connectivity index (χ2v) is 6.81. The molecule has 2 aromatic heterocycles. The number of benzene rings is 1. The van der Waals surface area contributed by atoms with E-state index in [0.717, 1.165) is 13.0 Å². The summed E-state index contributed by atoms with van der Waals surface area (Å²) < 4.78 is 54.1. The number of hydrogen-bond donors (Lipinski definition) is 1. The molecule has 0 atom stereocenters. The maximum absolute atomic E-state index is 13.1. The molecule has 0 bridgehead atoms. The van der Waals surface area contributed by atoms with Gasteiger partial charge in [0.15, 0.2) is 0 Å². The SMILES string of the molecule is Cc1c([N+](=O)[O-])c(C(F)(F)F)nn1CC(=O)Nc1cnn(Cc2ccc(F)cc2Cl)c1. The zero-order valence-electron chi connectivity index (χ0n) is 15.7. The highest BCUT2D eigenvalue weighted by Crippen LogP contribution is 2.36. The molecule has 9 nitrogen and oxygen atoms in total.